The van der Waals surface area contributed by atoms with Gasteiger partial charge in [0.1, 0.15) is 0 Å². The lowest BCUT2D eigenvalue weighted by atomic mass is 9.62. The molecule has 2 saturated carbocycles. The Hall–Kier alpha value is -2.42. The van der Waals surface area contributed by atoms with E-state index in [0.29, 0.717) is 0 Å². The van der Waals surface area contributed by atoms with E-state index >= 15 is 0 Å². The molecular weight excluding hydrogens is 382 g/mol. The molecule has 0 amide bonds. The van der Waals surface area contributed by atoms with Crippen LogP contribution < -0.4 is 0 Å². The Kier molecular flexibility index (Phi) is 4.32. The fourth-order valence-electron chi connectivity index (χ4n) is 6.33. The Bertz CT molecular complexity index is 1110. The van der Waals surface area contributed by atoms with Crippen molar-refractivity contribution >= 4 is 12.0 Å². The number of hydrogen-bond acceptors (Lipinski definition) is 2. The van der Waals surface area contributed by atoms with Gasteiger partial charge in [-0.1, -0.05) is 45.4 Å². The first-order valence-electron chi connectivity index (χ1n) is 11.6. The molecule has 0 spiro atoms. The van der Waals surface area contributed by atoms with E-state index in [2.05, 4.69) is 57.8 Å². The molecule has 2 aromatic rings. The minimum absolute atomic E-state index is 0.157. The number of aromatic nitrogens is 1. The van der Waals surface area contributed by atoms with Crippen molar-refractivity contribution in [2.24, 2.45) is 5.92 Å². The van der Waals surface area contributed by atoms with Crippen molar-refractivity contribution in [3.8, 4) is 0 Å². The van der Waals surface area contributed by atoms with Crippen LogP contribution in [0.2, 0.25) is 0 Å². The number of allylic oxidation sites excluding steroid dienone is 1. The molecule has 162 valence electrons. The lowest BCUT2D eigenvalue weighted by molar-refractivity contribution is 0.0696. The standard InChI is InChI=1S/C28H33NO2/c1-17-12-23-24(27(4,5)11-10-26(23,2)3)14-22(17)28-15-20(28)8-7-19(28)13-21-9-6-18(16-29-21)25(30)31/h6,9,12-14,16,20H,7-8,10-11,15H2,1-5H3,(H,30,31). The van der Waals surface area contributed by atoms with E-state index in [-0.39, 0.29) is 21.8 Å². The molecule has 31 heavy (non-hydrogen) atoms. The summed E-state index contributed by atoms with van der Waals surface area (Å²) in [4.78, 5) is 15.6. The van der Waals surface area contributed by atoms with Gasteiger partial charge in [0.2, 0.25) is 0 Å². The number of benzene rings is 1. The molecule has 3 aliphatic rings. The Morgan fingerprint density at radius 2 is 1.74 bits per heavy atom. The van der Waals surface area contributed by atoms with Crippen LogP contribution in [0.5, 0.6) is 0 Å². The summed E-state index contributed by atoms with van der Waals surface area (Å²) >= 11 is 0. The molecule has 3 aliphatic carbocycles. The van der Waals surface area contributed by atoms with Gasteiger partial charge in [-0.2, -0.15) is 0 Å². The number of carboxylic acids is 1. The SMILES string of the molecule is Cc1cc2c(cc1C13CC1CCC3=Cc1ccc(C(=O)O)cn1)C(C)(C)CCC2(C)C. The van der Waals surface area contributed by atoms with Crippen molar-refractivity contribution in [2.45, 2.75) is 83.0 Å². The number of nitrogens with zero attached hydrogens (tertiary/aromatic N) is 1. The third-order valence-electron chi connectivity index (χ3n) is 8.47. The lowest BCUT2D eigenvalue weighted by Crippen LogP contribution is -2.34. The zero-order valence-corrected chi connectivity index (χ0v) is 19.4. The fraction of sp³-hybridized carbons (Fsp3) is 0.500. The van der Waals surface area contributed by atoms with E-state index in [1.54, 1.807) is 11.6 Å². The van der Waals surface area contributed by atoms with Crippen molar-refractivity contribution in [1.82, 2.24) is 4.98 Å². The minimum Gasteiger partial charge on any atom is -0.478 e. The van der Waals surface area contributed by atoms with Crippen molar-refractivity contribution in [3.05, 3.63) is 69.5 Å². The number of carbonyl (C=O) groups is 1. The maximum atomic E-state index is 11.1. The highest BCUT2D eigenvalue weighted by Crippen LogP contribution is 2.68. The second kappa shape index (κ2) is 6.54. The number of rotatable bonds is 3. The van der Waals surface area contributed by atoms with Gasteiger partial charge < -0.3 is 5.11 Å². The molecule has 0 aliphatic heterocycles. The minimum atomic E-state index is -0.929. The molecule has 2 atom stereocenters. The van der Waals surface area contributed by atoms with Gasteiger partial charge in [-0.25, -0.2) is 4.79 Å². The summed E-state index contributed by atoms with van der Waals surface area (Å²) in [5.74, 6) is -0.199. The van der Waals surface area contributed by atoms with Gasteiger partial charge in [-0.15, -0.1) is 0 Å². The van der Waals surface area contributed by atoms with Crippen LogP contribution in [0.25, 0.3) is 6.08 Å². The van der Waals surface area contributed by atoms with Crippen molar-refractivity contribution < 1.29 is 9.90 Å². The van der Waals surface area contributed by atoms with E-state index in [1.807, 2.05) is 6.07 Å². The van der Waals surface area contributed by atoms with Crippen molar-refractivity contribution in [2.75, 3.05) is 0 Å². The number of aryl methyl sites for hydroxylation is 1. The quantitative estimate of drug-likeness (QED) is 0.616. The second-order valence-corrected chi connectivity index (χ2v) is 11.3. The van der Waals surface area contributed by atoms with Crippen LogP contribution in [0.3, 0.4) is 0 Å². The molecule has 1 aromatic carbocycles. The van der Waals surface area contributed by atoms with Crippen LogP contribution in [0.1, 0.15) is 98.1 Å². The molecule has 0 saturated heterocycles. The Balaban J connectivity index is 1.59. The van der Waals surface area contributed by atoms with Gasteiger partial charge in [0, 0.05) is 11.6 Å². The van der Waals surface area contributed by atoms with Crippen molar-refractivity contribution in [3.63, 3.8) is 0 Å². The molecule has 1 aromatic heterocycles. The summed E-state index contributed by atoms with van der Waals surface area (Å²) in [5, 5.41) is 9.15. The zero-order valence-electron chi connectivity index (χ0n) is 19.4. The predicted octanol–water partition coefficient (Wildman–Crippen LogP) is 6.57. The van der Waals surface area contributed by atoms with Gasteiger partial charge in [-0.3, -0.25) is 4.98 Å². The highest BCUT2D eigenvalue weighted by molar-refractivity contribution is 5.87. The molecular formula is C28H33NO2. The first kappa shape index (κ1) is 20.5. The monoisotopic (exact) mass is 415 g/mol. The Morgan fingerprint density at radius 3 is 2.32 bits per heavy atom. The second-order valence-electron chi connectivity index (χ2n) is 11.3. The Labute approximate surface area is 185 Å². The van der Waals surface area contributed by atoms with Crippen LogP contribution in [0, 0.1) is 12.8 Å². The fourth-order valence-corrected chi connectivity index (χ4v) is 6.33. The third-order valence-corrected chi connectivity index (χ3v) is 8.47. The summed E-state index contributed by atoms with van der Waals surface area (Å²) in [6.07, 6.45) is 9.75. The van der Waals surface area contributed by atoms with Crippen LogP contribution in [-0.4, -0.2) is 16.1 Å². The van der Waals surface area contributed by atoms with E-state index in [1.165, 1.54) is 54.1 Å². The van der Waals surface area contributed by atoms with E-state index in [0.717, 1.165) is 18.0 Å². The molecule has 3 heteroatoms. The van der Waals surface area contributed by atoms with E-state index in [4.69, 9.17) is 5.11 Å². The molecule has 5 rings (SSSR count). The van der Waals surface area contributed by atoms with Gasteiger partial charge in [-0.05, 0) is 96.2 Å². The first-order valence-corrected chi connectivity index (χ1v) is 11.6. The van der Waals surface area contributed by atoms with Crippen LogP contribution in [0.4, 0.5) is 0 Å². The first-order chi connectivity index (χ1) is 14.5. The number of fused-ring (bicyclic) bond motifs is 2. The topological polar surface area (TPSA) is 50.2 Å². The zero-order chi connectivity index (χ0) is 22.2. The average molecular weight is 416 g/mol. The molecule has 1 heterocycles. The number of aromatic carboxylic acids is 1. The molecule has 2 unspecified atom stereocenters. The van der Waals surface area contributed by atoms with Crippen molar-refractivity contribution in [1.29, 1.82) is 0 Å². The maximum Gasteiger partial charge on any atom is 0.337 e. The highest BCUT2D eigenvalue weighted by Gasteiger charge is 2.61. The summed E-state index contributed by atoms with van der Waals surface area (Å²) in [7, 11) is 0. The summed E-state index contributed by atoms with van der Waals surface area (Å²) < 4.78 is 0. The third kappa shape index (κ3) is 3.08. The van der Waals surface area contributed by atoms with E-state index in [9.17, 15) is 4.79 Å². The summed E-state index contributed by atoms with van der Waals surface area (Å²) in [6, 6.07) is 8.55. The maximum absolute atomic E-state index is 11.1. The average Bonchev–Trinajstić information content (AvgIpc) is 3.34. The highest BCUT2D eigenvalue weighted by atomic mass is 16.4. The smallest absolute Gasteiger partial charge is 0.337 e. The van der Waals surface area contributed by atoms with Crippen LogP contribution in [-0.2, 0) is 16.2 Å². The summed E-state index contributed by atoms with van der Waals surface area (Å²) in [5.41, 5.74) is 9.21. The summed E-state index contributed by atoms with van der Waals surface area (Å²) in [6.45, 7) is 11.9. The molecule has 2 fully saturated rings. The van der Waals surface area contributed by atoms with Gasteiger partial charge in [0.05, 0.1) is 11.3 Å². The van der Waals surface area contributed by atoms with Gasteiger partial charge in [0.15, 0.2) is 0 Å². The molecule has 3 nitrogen and oxygen atoms in total. The molecule has 0 bridgehead atoms. The predicted molar refractivity (Wildman–Crippen MR) is 125 cm³/mol. The van der Waals surface area contributed by atoms with Gasteiger partial charge in [0.25, 0.3) is 0 Å². The number of pyridine rings is 1. The lowest BCUT2D eigenvalue weighted by Gasteiger charge is -2.43. The number of hydrogen-bond donors (Lipinski definition) is 1. The van der Waals surface area contributed by atoms with Crippen LogP contribution in [0.15, 0.2) is 36.0 Å². The number of carboxylic acid groups (broad SMARTS) is 1. The molecule has 0 radical (unpaired) electrons. The van der Waals surface area contributed by atoms with Crippen LogP contribution >= 0.6 is 0 Å². The normalized spacial score (nSPS) is 28.8. The Morgan fingerprint density at radius 1 is 1.06 bits per heavy atom. The van der Waals surface area contributed by atoms with E-state index < -0.39 is 5.97 Å². The molecule has 1 N–H and O–H groups in total. The largest absolute Gasteiger partial charge is 0.478 e. The van der Waals surface area contributed by atoms with Gasteiger partial charge >= 0.3 is 5.97 Å².